The highest BCUT2D eigenvalue weighted by Gasteiger charge is 2.11. The standard InChI is InChI=1S/C13H13Br2NS/c1-8-11(15)7-13(17-8)12(16)6-9-3-2-4-10(14)5-9/h2-5,7,12H,6,16H2,1H3. The Morgan fingerprint density at radius 1 is 1.29 bits per heavy atom. The average molecular weight is 375 g/mol. The Balaban J connectivity index is 2.14. The molecule has 4 heteroatoms. The van der Waals surface area contributed by atoms with Crippen molar-refractivity contribution < 1.29 is 0 Å². The zero-order valence-corrected chi connectivity index (χ0v) is 13.4. The first-order chi connectivity index (χ1) is 8.06. The van der Waals surface area contributed by atoms with Gasteiger partial charge in [0.05, 0.1) is 0 Å². The van der Waals surface area contributed by atoms with Crippen LogP contribution in [0.4, 0.5) is 0 Å². The Labute approximate surface area is 122 Å². The van der Waals surface area contributed by atoms with Crippen molar-refractivity contribution in [2.24, 2.45) is 5.73 Å². The number of nitrogens with two attached hydrogens (primary N) is 1. The van der Waals surface area contributed by atoms with Gasteiger partial charge in [-0.1, -0.05) is 28.1 Å². The molecular formula is C13H13Br2NS. The van der Waals surface area contributed by atoms with E-state index in [1.54, 1.807) is 11.3 Å². The first-order valence-corrected chi connectivity index (χ1v) is 7.72. The van der Waals surface area contributed by atoms with Gasteiger partial charge >= 0.3 is 0 Å². The monoisotopic (exact) mass is 373 g/mol. The van der Waals surface area contributed by atoms with Crippen molar-refractivity contribution in [3.05, 3.63) is 54.6 Å². The van der Waals surface area contributed by atoms with Crippen molar-refractivity contribution in [3.63, 3.8) is 0 Å². The number of thiophene rings is 1. The summed E-state index contributed by atoms with van der Waals surface area (Å²) in [5.74, 6) is 0. The summed E-state index contributed by atoms with van der Waals surface area (Å²) in [6.45, 7) is 2.10. The molecule has 2 aromatic rings. The van der Waals surface area contributed by atoms with Gasteiger partial charge in [0.2, 0.25) is 0 Å². The molecule has 0 spiro atoms. The molecule has 90 valence electrons. The molecule has 0 saturated heterocycles. The highest BCUT2D eigenvalue weighted by Crippen LogP contribution is 2.31. The maximum atomic E-state index is 6.23. The van der Waals surface area contributed by atoms with Gasteiger partial charge in [0, 0.05) is 24.7 Å². The van der Waals surface area contributed by atoms with Crippen LogP contribution >= 0.6 is 43.2 Å². The number of benzene rings is 1. The minimum atomic E-state index is 0.0688. The highest BCUT2D eigenvalue weighted by molar-refractivity contribution is 9.10. The molecule has 1 heterocycles. The lowest BCUT2D eigenvalue weighted by Crippen LogP contribution is -2.11. The van der Waals surface area contributed by atoms with Crippen molar-refractivity contribution in [2.75, 3.05) is 0 Å². The Morgan fingerprint density at radius 2 is 2.06 bits per heavy atom. The fourth-order valence-electron chi connectivity index (χ4n) is 1.68. The van der Waals surface area contributed by atoms with E-state index in [-0.39, 0.29) is 6.04 Å². The molecule has 0 amide bonds. The lowest BCUT2D eigenvalue weighted by molar-refractivity contribution is 0.736. The van der Waals surface area contributed by atoms with Crippen molar-refractivity contribution in [1.29, 1.82) is 0 Å². The van der Waals surface area contributed by atoms with E-state index in [9.17, 15) is 0 Å². The van der Waals surface area contributed by atoms with Crippen molar-refractivity contribution in [3.8, 4) is 0 Å². The van der Waals surface area contributed by atoms with E-state index in [0.717, 1.165) is 15.4 Å². The summed E-state index contributed by atoms with van der Waals surface area (Å²) in [6.07, 6.45) is 0.867. The van der Waals surface area contributed by atoms with Crippen molar-refractivity contribution >= 4 is 43.2 Å². The molecule has 1 atom stereocenters. The molecule has 2 rings (SSSR count). The predicted molar refractivity (Wildman–Crippen MR) is 81.5 cm³/mol. The second-order valence-electron chi connectivity index (χ2n) is 3.99. The van der Waals surface area contributed by atoms with Crippen LogP contribution < -0.4 is 5.73 Å². The third-order valence-corrected chi connectivity index (χ3v) is 5.35. The van der Waals surface area contributed by atoms with Crippen LogP contribution in [0, 0.1) is 6.92 Å². The molecule has 1 nitrogen and oxygen atoms in total. The van der Waals surface area contributed by atoms with Crippen molar-refractivity contribution in [2.45, 2.75) is 19.4 Å². The highest BCUT2D eigenvalue weighted by atomic mass is 79.9. The molecule has 1 aromatic carbocycles. The third kappa shape index (κ3) is 3.41. The largest absolute Gasteiger partial charge is 0.323 e. The van der Waals surface area contributed by atoms with Crippen LogP contribution in [0.3, 0.4) is 0 Å². The smallest absolute Gasteiger partial charge is 0.0431 e. The van der Waals surface area contributed by atoms with Gasteiger partial charge in [-0.15, -0.1) is 11.3 Å². The van der Waals surface area contributed by atoms with Crippen LogP contribution in [-0.4, -0.2) is 0 Å². The van der Waals surface area contributed by atoms with Gasteiger partial charge in [0.1, 0.15) is 0 Å². The van der Waals surface area contributed by atoms with Crippen LogP contribution in [0.5, 0.6) is 0 Å². The van der Waals surface area contributed by atoms with Gasteiger partial charge in [-0.2, -0.15) is 0 Å². The van der Waals surface area contributed by atoms with E-state index in [2.05, 4.69) is 57.0 Å². The molecule has 17 heavy (non-hydrogen) atoms. The number of aryl methyl sites for hydroxylation is 1. The molecule has 2 N–H and O–H groups in total. The fourth-order valence-corrected chi connectivity index (χ4v) is 3.69. The van der Waals surface area contributed by atoms with E-state index in [1.807, 2.05) is 12.1 Å². The van der Waals surface area contributed by atoms with Gasteiger partial charge in [0.25, 0.3) is 0 Å². The molecule has 0 saturated carbocycles. The van der Waals surface area contributed by atoms with E-state index in [0.29, 0.717) is 0 Å². The quantitative estimate of drug-likeness (QED) is 0.818. The van der Waals surface area contributed by atoms with Crippen LogP contribution in [0.25, 0.3) is 0 Å². The van der Waals surface area contributed by atoms with E-state index in [4.69, 9.17) is 5.73 Å². The summed E-state index contributed by atoms with van der Waals surface area (Å²) in [5.41, 5.74) is 7.49. The SMILES string of the molecule is Cc1sc(C(N)Cc2cccc(Br)c2)cc1Br. The Kier molecular flexibility index (Phi) is 4.42. The fraction of sp³-hybridized carbons (Fsp3) is 0.231. The van der Waals surface area contributed by atoms with E-state index >= 15 is 0 Å². The zero-order chi connectivity index (χ0) is 12.4. The average Bonchev–Trinajstić information content (AvgIpc) is 2.59. The zero-order valence-electron chi connectivity index (χ0n) is 9.41. The number of hydrogen-bond acceptors (Lipinski definition) is 2. The lowest BCUT2D eigenvalue weighted by atomic mass is 10.1. The molecule has 1 unspecified atom stereocenters. The summed E-state index contributed by atoms with van der Waals surface area (Å²) in [6, 6.07) is 10.5. The molecule has 0 aliphatic heterocycles. The van der Waals surface area contributed by atoms with Gasteiger partial charge in [-0.25, -0.2) is 0 Å². The van der Waals surface area contributed by atoms with Crippen molar-refractivity contribution in [1.82, 2.24) is 0 Å². The van der Waals surface area contributed by atoms with Gasteiger partial charge in [-0.3, -0.25) is 0 Å². The van der Waals surface area contributed by atoms with Gasteiger partial charge in [-0.05, 0) is 53.0 Å². The van der Waals surface area contributed by atoms with Crippen LogP contribution in [0.1, 0.15) is 21.4 Å². The number of halogens is 2. The van der Waals surface area contributed by atoms with Crippen LogP contribution in [-0.2, 0) is 6.42 Å². The molecule has 0 fully saturated rings. The molecule has 0 aliphatic rings. The summed E-state index contributed by atoms with van der Waals surface area (Å²) in [5, 5.41) is 0. The number of rotatable bonds is 3. The normalized spacial score (nSPS) is 12.7. The molecule has 0 radical (unpaired) electrons. The third-order valence-electron chi connectivity index (χ3n) is 2.59. The second kappa shape index (κ2) is 5.65. The molecule has 0 aliphatic carbocycles. The maximum absolute atomic E-state index is 6.23. The number of hydrogen-bond donors (Lipinski definition) is 1. The van der Waals surface area contributed by atoms with Gasteiger partial charge in [0.15, 0.2) is 0 Å². The van der Waals surface area contributed by atoms with E-state index in [1.165, 1.54) is 15.3 Å². The topological polar surface area (TPSA) is 26.0 Å². The van der Waals surface area contributed by atoms with Gasteiger partial charge < -0.3 is 5.73 Å². The lowest BCUT2D eigenvalue weighted by Gasteiger charge is -2.09. The summed E-state index contributed by atoms with van der Waals surface area (Å²) in [7, 11) is 0. The second-order valence-corrected chi connectivity index (χ2v) is 7.05. The molecule has 1 aromatic heterocycles. The minimum absolute atomic E-state index is 0.0688. The Bertz CT molecular complexity index is 502. The predicted octanol–water partition coefficient (Wildman–Crippen LogP) is 4.82. The molecule has 0 bridgehead atoms. The van der Waals surface area contributed by atoms with E-state index < -0.39 is 0 Å². The first kappa shape index (κ1) is 13.3. The minimum Gasteiger partial charge on any atom is -0.323 e. The maximum Gasteiger partial charge on any atom is 0.0431 e. The molecular weight excluding hydrogens is 362 g/mol. The summed E-state index contributed by atoms with van der Waals surface area (Å²) >= 11 is 8.77. The van der Waals surface area contributed by atoms with Crippen LogP contribution in [0.2, 0.25) is 0 Å². The first-order valence-electron chi connectivity index (χ1n) is 5.32. The summed E-state index contributed by atoms with van der Waals surface area (Å²) < 4.78 is 2.26. The summed E-state index contributed by atoms with van der Waals surface area (Å²) in [4.78, 5) is 2.51. The van der Waals surface area contributed by atoms with Crippen LogP contribution in [0.15, 0.2) is 39.3 Å². The Hall–Kier alpha value is -0.160. The Morgan fingerprint density at radius 3 is 2.65 bits per heavy atom.